The maximum absolute atomic E-state index is 11.2. The van der Waals surface area contributed by atoms with Crippen LogP contribution in [0.3, 0.4) is 0 Å². The van der Waals surface area contributed by atoms with E-state index in [1.165, 1.54) is 12.1 Å². The summed E-state index contributed by atoms with van der Waals surface area (Å²) < 4.78 is 5.97. The minimum absolute atomic E-state index is 0.0345. The lowest BCUT2D eigenvalue weighted by atomic mass is 9.99. The number of anilines is 2. The third-order valence-corrected chi connectivity index (χ3v) is 3.07. The lowest BCUT2D eigenvalue weighted by Gasteiger charge is -2.47. The maximum Gasteiger partial charge on any atom is 0.311 e. The van der Waals surface area contributed by atoms with Gasteiger partial charge >= 0.3 is 5.69 Å². The molecule has 2 N–H and O–H groups in total. The molecule has 2 heterocycles. The Morgan fingerprint density at radius 1 is 1.30 bits per heavy atom. The van der Waals surface area contributed by atoms with Crippen molar-refractivity contribution in [3.63, 3.8) is 0 Å². The molecule has 0 bridgehead atoms. The van der Waals surface area contributed by atoms with E-state index in [0.717, 1.165) is 0 Å². The monoisotopic (exact) mass is 280 g/mol. The second-order valence-corrected chi connectivity index (χ2v) is 6.31. The number of nitrogen functional groups attached to an aromatic ring is 1. The predicted octanol–water partition coefficient (Wildman–Crippen LogP) is 1.97. The first-order valence-corrected chi connectivity index (χ1v) is 6.46. The molecule has 0 aromatic carbocycles. The molecule has 1 saturated heterocycles. The summed E-state index contributed by atoms with van der Waals surface area (Å²) in [6.07, 6.45) is 0. The van der Waals surface area contributed by atoms with Gasteiger partial charge in [0.25, 0.3) is 0 Å². The fourth-order valence-electron chi connectivity index (χ4n) is 2.77. The lowest BCUT2D eigenvalue weighted by Crippen LogP contribution is -2.57. The van der Waals surface area contributed by atoms with Gasteiger partial charge in [-0.2, -0.15) is 0 Å². The maximum atomic E-state index is 11.2. The van der Waals surface area contributed by atoms with E-state index in [9.17, 15) is 10.1 Å². The molecule has 0 atom stereocenters. The van der Waals surface area contributed by atoms with Crippen molar-refractivity contribution in [2.45, 2.75) is 38.9 Å². The molecule has 7 nitrogen and oxygen atoms in total. The Morgan fingerprint density at radius 3 is 2.35 bits per heavy atom. The van der Waals surface area contributed by atoms with Crippen LogP contribution in [0.15, 0.2) is 12.1 Å². The molecule has 2 rings (SSSR count). The quantitative estimate of drug-likeness (QED) is 0.657. The average molecular weight is 280 g/mol. The zero-order valence-corrected chi connectivity index (χ0v) is 12.2. The molecule has 1 aliphatic rings. The number of nitro groups is 1. The molecule has 7 heteroatoms. The molecule has 1 aliphatic heterocycles. The molecule has 0 spiro atoms. The van der Waals surface area contributed by atoms with Crippen LogP contribution >= 0.6 is 0 Å². The van der Waals surface area contributed by atoms with Gasteiger partial charge in [0.2, 0.25) is 5.82 Å². The van der Waals surface area contributed by atoms with Gasteiger partial charge in [-0.15, -0.1) is 0 Å². The van der Waals surface area contributed by atoms with Crippen LogP contribution in [0, 0.1) is 10.1 Å². The van der Waals surface area contributed by atoms with Gasteiger partial charge in [-0.05, 0) is 33.8 Å². The molecular weight excluding hydrogens is 260 g/mol. The van der Waals surface area contributed by atoms with Crippen LogP contribution in [-0.2, 0) is 4.74 Å². The van der Waals surface area contributed by atoms with E-state index in [-0.39, 0.29) is 11.5 Å². The summed E-state index contributed by atoms with van der Waals surface area (Å²) in [5.41, 5.74) is 4.81. The minimum atomic E-state index is -0.433. The van der Waals surface area contributed by atoms with Gasteiger partial charge < -0.3 is 15.4 Å². The van der Waals surface area contributed by atoms with Gasteiger partial charge in [-0.25, -0.2) is 4.98 Å². The molecule has 0 unspecified atom stereocenters. The van der Waals surface area contributed by atoms with Gasteiger partial charge in [0, 0.05) is 19.2 Å². The summed E-state index contributed by atoms with van der Waals surface area (Å²) in [5.74, 6) is 0.576. The van der Waals surface area contributed by atoms with Crippen LogP contribution in [0.1, 0.15) is 27.7 Å². The van der Waals surface area contributed by atoms with E-state index in [1.807, 2.05) is 32.6 Å². The van der Waals surface area contributed by atoms with Crippen LogP contribution in [-0.4, -0.2) is 34.2 Å². The number of ether oxygens (including phenoxy) is 1. The van der Waals surface area contributed by atoms with Crippen molar-refractivity contribution in [1.29, 1.82) is 0 Å². The zero-order valence-electron chi connectivity index (χ0n) is 12.2. The number of morpholine rings is 1. The Kier molecular flexibility index (Phi) is 3.33. The Morgan fingerprint density at radius 2 is 1.85 bits per heavy atom. The van der Waals surface area contributed by atoms with Crippen molar-refractivity contribution in [3.05, 3.63) is 22.2 Å². The first-order chi connectivity index (χ1) is 9.10. The Hall–Kier alpha value is -1.89. The van der Waals surface area contributed by atoms with Crippen LogP contribution in [0.4, 0.5) is 17.3 Å². The number of hydrogen-bond acceptors (Lipinski definition) is 6. The first-order valence-electron chi connectivity index (χ1n) is 6.46. The fourth-order valence-corrected chi connectivity index (χ4v) is 2.77. The topological polar surface area (TPSA) is 94.5 Å². The normalized spacial score (nSPS) is 20.7. The highest BCUT2D eigenvalue weighted by Crippen LogP contribution is 2.35. The standard InChI is InChI=1S/C13H20N4O3/c1-12(2)7-16(8-13(3,4)20-12)11-9(17(18)19)5-6-10(14)15-11/h5-6H,7-8H2,1-4H3,(H2,14,15). The van der Waals surface area contributed by atoms with Gasteiger partial charge in [0.15, 0.2) is 0 Å². The van der Waals surface area contributed by atoms with Crippen LogP contribution in [0.25, 0.3) is 0 Å². The molecular formula is C13H20N4O3. The highest BCUT2D eigenvalue weighted by Gasteiger charge is 2.40. The van der Waals surface area contributed by atoms with Crippen molar-refractivity contribution >= 4 is 17.3 Å². The smallest absolute Gasteiger partial charge is 0.311 e. The van der Waals surface area contributed by atoms with Crippen LogP contribution in [0.2, 0.25) is 0 Å². The van der Waals surface area contributed by atoms with Crippen molar-refractivity contribution in [2.24, 2.45) is 0 Å². The molecule has 0 saturated carbocycles. The second-order valence-electron chi connectivity index (χ2n) is 6.31. The van der Waals surface area contributed by atoms with Crippen LogP contribution < -0.4 is 10.6 Å². The second kappa shape index (κ2) is 4.59. The summed E-state index contributed by atoms with van der Waals surface area (Å²) in [4.78, 5) is 16.8. The number of pyridine rings is 1. The Bertz CT molecular complexity index is 526. The predicted molar refractivity (Wildman–Crippen MR) is 76.8 cm³/mol. The van der Waals surface area contributed by atoms with E-state index in [0.29, 0.717) is 18.9 Å². The fraction of sp³-hybridized carbons (Fsp3) is 0.615. The third kappa shape index (κ3) is 2.98. The Labute approximate surface area is 117 Å². The molecule has 0 amide bonds. The van der Waals surface area contributed by atoms with Crippen molar-refractivity contribution in [3.8, 4) is 0 Å². The zero-order chi connectivity index (χ0) is 15.1. The van der Waals surface area contributed by atoms with Crippen LogP contribution in [0.5, 0.6) is 0 Å². The van der Waals surface area contributed by atoms with Crippen molar-refractivity contribution < 1.29 is 9.66 Å². The Balaban J connectivity index is 2.45. The van der Waals surface area contributed by atoms with Crippen molar-refractivity contribution in [1.82, 2.24) is 4.98 Å². The van der Waals surface area contributed by atoms with Gasteiger partial charge in [-0.3, -0.25) is 10.1 Å². The number of nitrogens with two attached hydrogens (primary N) is 1. The van der Waals surface area contributed by atoms with Gasteiger partial charge in [-0.1, -0.05) is 0 Å². The molecule has 0 radical (unpaired) electrons. The number of aromatic nitrogens is 1. The summed E-state index contributed by atoms with van der Waals surface area (Å²) >= 11 is 0. The summed E-state index contributed by atoms with van der Waals surface area (Å²) in [5, 5.41) is 11.2. The molecule has 20 heavy (non-hydrogen) atoms. The molecule has 110 valence electrons. The van der Waals surface area contributed by atoms with E-state index >= 15 is 0 Å². The minimum Gasteiger partial charge on any atom is -0.384 e. The summed E-state index contributed by atoms with van der Waals surface area (Å²) in [7, 11) is 0. The summed E-state index contributed by atoms with van der Waals surface area (Å²) in [6.45, 7) is 8.87. The highest BCUT2D eigenvalue weighted by molar-refractivity contribution is 5.61. The molecule has 1 aromatic heterocycles. The van der Waals surface area contributed by atoms with Gasteiger partial charge in [0.05, 0.1) is 16.1 Å². The number of nitrogens with zero attached hydrogens (tertiary/aromatic N) is 3. The van der Waals surface area contributed by atoms with E-state index in [4.69, 9.17) is 10.5 Å². The third-order valence-electron chi connectivity index (χ3n) is 3.07. The summed E-state index contributed by atoms with van der Waals surface area (Å²) in [6, 6.07) is 2.84. The SMILES string of the molecule is CC1(C)CN(c2nc(N)ccc2[N+](=O)[O-])CC(C)(C)O1. The van der Waals surface area contributed by atoms with E-state index in [2.05, 4.69) is 4.98 Å². The van der Waals surface area contributed by atoms with Crippen molar-refractivity contribution in [2.75, 3.05) is 23.7 Å². The molecule has 0 aliphatic carbocycles. The number of rotatable bonds is 2. The highest BCUT2D eigenvalue weighted by atomic mass is 16.6. The largest absolute Gasteiger partial charge is 0.384 e. The lowest BCUT2D eigenvalue weighted by molar-refractivity contribution is -0.384. The van der Waals surface area contributed by atoms with E-state index < -0.39 is 16.1 Å². The first kappa shape index (κ1) is 14.5. The number of hydrogen-bond donors (Lipinski definition) is 1. The van der Waals surface area contributed by atoms with E-state index in [1.54, 1.807) is 0 Å². The van der Waals surface area contributed by atoms with Gasteiger partial charge in [0.1, 0.15) is 5.82 Å². The molecule has 1 aromatic rings. The average Bonchev–Trinajstić information content (AvgIpc) is 2.24. The molecule has 1 fully saturated rings.